The quantitative estimate of drug-likeness (QED) is 0.212. The van der Waals surface area contributed by atoms with E-state index in [0.29, 0.717) is 5.75 Å². The van der Waals surface area contributed by atoms with Gasteiger partial charge in [0.1, 0.15) is 0 Å². The molecule has 0 radical (unpaired) electrons. The number of benzene rings is 1. The van der Waals surface area contributed by atoms with Crippen LogP contribution in [0.5, 0.6) is 0 Å². The molecule has 0 heterocycles. The fraction of sp³-hybridized carbons (Fsp3) is 0.750. The Hall–Kier alpha value is -1.00. The molecule has 0 fully saturated rings. The van der Waals surface area contributed by atoms with E-state index in [0.717, 1.165) is 45.2 Å². The molecule has 0 unspecified atom stereocenters. The van der Waals surface area contributed by atoms with Gasteiger partial charge >= 0.3 is 0 Å². The number of carbonyl (C=O) groups excluding carboxylic acids is 1. The van der Waals surface area contributed by atoms with Gasteiger partial charge in [-0.1, -0.05) is 65.5 Å². The van der Waals surface area contributed by atoms with Crippen LogP contribution in [0.1, 0.15) is 98.5 Å². The van der Waals surface area contributed by atoms with E-state index in [1.807, 2.05) is 0 Å². The first-order valence-corrected chi connectivity index (χ1v) is 14.1. The van der Waals surface area contributed by atoms with E-state index in [1.54, 1.807) is 11.8 Å². The van der Waals surface area contributed by atoms with E-state index in [4.69, 9.17) is 0 Å². The first-order valence-electron chi connectivity index (χ1n) is 13.1. The number of hydrogen-bond acceptors (Lipinski definition) is 3. The second-order valence-corrected chi connectivity index (χ2v) is 10.8. The minimum Gasteiger partial charge on any atom is -0.342 e. The number of nitrogens with zero attached hydrogens (tertiary/aromatic N) is 2. The van der Waals surface area contributed by atoms with Crippen molar-refractivity contribution in [2.75, 3.05) is 31.9 Å². The molecule has 0 N–H and O–H groups in total. The fourth-order valence-electron chi connectivity index (χ4n) is 4.03. The van der Waals surface area contributed by atoms with Gasteiger partial charge in [-0.05, 0) is 76.7 Å². The maximum absolute atomic E-state index is 12.7. The summed E-state index contributed by atoms with van der Waals surface area (Å²) in [7, 11) is 0. The highest BCUT2D eigenvalue weighted by Crippen LogP contribution is 2.25. The van der Waals surface area contributed by atoms with Crippen LogP contribution in [0.25, 0.3) is 0 Å². The van der Waals surface area contributed by atoms with Crippen LogP contribution in [0.15, 0.2) is 29.2 Å². The van der Waals surface area contributed by atoms with Crippen LogP contribution in [-0.4, -0.2) is 53.2 Å². The van der Waals surface area contributed by atoms with Crippen molar-refractivity contribution in [1.82, 2.24) is 9.80 Å². The molecule has 0 saturated carbocycles. The van der Waals surface area contributed by atoms with Gasteiger partial charge < -0.3 is 4.90 Å². The summed E-state index contributed by atoms with van der Waals surface area (Å²) in [5.74, 6) is 0.824. The maximum atomic E-state index is 12.7. The Morgan fingerprint density at radius 2 is 1.25 bits per heavy atom. The zero-order valence-electron chi connectivity index (χ0n) is 21.9. The fourth-order valence-corrected chi connectivity index (χ4v) is 4.83. The molecule has 0 atom stereocenters. The molecular weight excluding hydrogens is 412 g/mol. The summed E-state index contributed by atoms with van der Waals surface area (Å²) in [5.41, 5.74) is 1.55. The summed E-state index contributed by atoms with van der Waals surface area (Å²) in [4.78, 5) is 18.7. The summed E-state index contributed by atoms with van der Waals surface area (Å²) in [6.45, 7) is 17.9. The van der Waals surface area contributed by atoms with Crippen molar-refractivity contribution in [3.05, 3.63) is 29.8 Å². The Morgan fingerprint density at radius 3 is 1.72 bits per heavy atom. The third-order valence-corrected chi connectivity index (χ3v) is 7.25. The third kappa shape index (κ3) is 11.2. The van der Waals surface area contributed by atoms with Crippen LogP contribution in [0.2, 0.25) is 0 Å². The summed E-state index contributed by atoms with van der Waals surface area (Å²) < 4.78 is 0. The van der Waals surface area contributed by atoms with Gasteiger partial charge in [-0.15, -0.1) is 11.8 Å². The third-order valence-electron chi connectivity index (χ3n) is 6.26. The minimum atomic E-state index is 0.161. The van der Waals surface area contributed by atoms with Gasteiger partial charge in [-0.3, -0.25) is 9.69 Å². The van der Waals surface area contributed by atoms with Gasteiger partial charge in [-0.2, -0.15) is 0 Å². The predicted molar refractivity (Wildman–Crippen MR) is 143 cm³/mol. The lowest BCUT2D eigenvalue weighted by molar-refractivity contribution is -0.128. The van der Waals surface area contributed by atoms with Crippen LogP contribution in [0, 0.1) is 0 Å². The van der Waals surface area contributed by atoms with Gasteiger partial charge in [0.15, 0.2) is 0 Å². The number of unbranched alkanes of at least 4 members (excludes halogenated alkanes) is 4. The monoisotopic (exact) mass is 462 g/mol. The molecule has 0 saturated heterocycles. The lowest BCUT2D eigenvalue weighted by Crippen LogP contribution is -2.46. The maximum Gasteiger partial charge on any atom is 0.232 e. The highest BCUT2D eigenvalue weighted by molar-refractivity contribution is 8.00. The lowest BCUT2D eigenvalue weighted by atomic mass is 9.92. The van der Waals surface area contributed by atoms with E-state index in [9.17, 15) is 4.79 Å². The molecule has 184 valence electrons. The highest BCUT2D eigenvalue weighted by Gasteiger charge is 2.26. The van der Waals surface area contributed by atoms with Gasteiger partial charge in [0.25, 0.3) is 0 Å². The number of hydrogen-bond donors (Lipinski definition) is 0. The molecule has 32 heavy (non-hydrogen) atoms. The SMILES string of the molecule is CCCCN(CCCC)C(=O)CSc1ccc(CC(C)(C)N(CCCC)CCCC)cc1. The van der Waals surface area contributed by atoms with Crippen LogP contribution >= 0.6 is 11.8 Å². The van der Waals surface area contributed by atoms with Crippen LogP contribution in [-0.2, 0) is 11.2 Å². The van der Waals surface area contributed by atoms with E-state index in [2.05, 4.69) is 75.6 Å². The molecule has 0 aliphatic carbocycles. The summed E-state index contributed by atoms with van der Waals surface area (Å²) in [6.07, 6.45) is 10.6. The number of amides is 1. The minimum absolute atomic E-state index is 0.161. The normalized spacial score (nSPS) is 11.8. The van der Waals surface area contributed by atoms with Gasteiger partial charge in [-0.25, -0.2) is 0 Å². The average molecular weight is 463 g/mol. The van der Waals surface area contributed by atoms with Gasteiger partial charge in [0.2, 0.25) is 5.91 Å². The molecular formula is C28H50N2OS. The van der Waals surface area contributed by atoms with E-state index < -0.39 is 0 Å². The second-order valence-electron chi connectivity index (χ2n) is 9.70. The Morgan fingerprint density at radius 1 is 0.781 bits per heavy atom. The van der Waals surface area contributed by atoms with Crippen molar-refractivity contribution in [3.8, 4) is 0 Å². The Bertz CT molecular complexity index is 598. The van der Waals surface area contributed by atoms with Gasteiger partial charge in [0.05, 0.1) is 5.75 Å². The van der Waals surface area contributed by atoms with Crippen LogP contribution in [0.4, 0.5) is 0 Å². The molecule has 1 aromatic carbocycles. The molecule has 1 rings (SSSR count). The molecule has 0 aromatic heterocycles. The second kappa shape index (κ2) is 16.6. The average Bonchev–Trinajstić information content (AvgIpc) is 2.78. The van der Waals surface area contributed by atoms with Crippen molar-refractivity contribution in [2.45, 2.75) is 110 Å². The van der Waals surface area contributed by atoms with Crippen LogP contribution in [0.3, 0.4) is 0 Å². The molecule has 0 spiro atoms. The molecule has 1 aromatic rings. The Balaban J connectivity index is 2.66. The summed E-state index contributed by atoms with van der Waals surface area (Å²) >= 11 is 1.68. The lowest BCUT2D eigenvalue weighted by Gasteiger charge is -2.39. The number of thioether (sulfide) groups is 1. The highest BCUT2D eigenvalue weighted by atomic mass is 32.2. The predicted octanol–water partition coefficient (Wildman–Crippen LogP) is 7.43. The zero-order chi connectivity index (χ0) is 23.8. The summed E-state index contributed by atoms with van der Waals surface area (Å²) in [6, 6.07) is 8.93. The molecule has 0 bridgehead atoms. The summed E-state index contributed by atoms with van der Waals surface area (Å²) in [5, 5.41) is 0. The van der Waals surface area contributed by atoms with Crippen molar-refractivity contribution in [1.29, 1.82) is 0 Å². The Kier molecular flexibility index (Phi) is 15.0. The van der Waals surface area contributed by atoms with Crippen molar-refractivity contribution in [2.24, 2.45) is 0 Å². The first kappa shape index (κ1) is 29.0. The first-order chi connectivity index (χ1) is 15.4. The standard InChI is InChI=1S/C28H50N2OS/c1-7-11-19-29(20-12-8-2)27(31)24-32-26-17-15-25(16-18-26)23-28(5,6)30(21-13-9-3)22-14-10-4/h15-18H,7-14,19-24H2,1-6H3. The molecule has 4 heteroatoms. The molecule has 1 amide bonds. The van der Waals surface area contributed by atoms with Crippen molar-refractivity contribution in [3.63, 3.8) is 0 Å². The topological polar surface area (TPSA) is 23.6 Å². The van der Waals surface area contributed by atoms with Crippen molar-refractivity contribution < 1.29 is 4.79 Å². The molecule has 0 aliphatic heterocycles. The van der Waals surface area contributed by atoms with Gasteiger partial charge in [0, 0.05) is 23.5 Å². The zero-order valence-corrected chi connectivity index (χ0v) is 22.7. The van der Waals surface area contributed by atoms with E-state index in [-0.39, 0.29) is 11.4 Å². The van der Waals surface area contributed by atoms with Crippen molar-refractivity contribution >= 4 is 17.7 Å². The molecule has 0 aliphatic rings. The smallest absolute Gasteiger partial charge is 0.232 e. The number of carbonyl (C=O) groups is 1. The largest absolute Gasteiger partial charge is 0.342 e. The van der Waals surface area contributed by atoms with E-state index >= 15 is 0 Å². The van der Waals surface area contributed by atoms with Crippen LogP contribution < -0.4 is 0 Å². The van der Waals surface area contributed by atoms with E-state index in [1.165, 1.54) is 49.2 Å². The number of rotatable bonds is 18. The molecule has 3 nitrogen and oxygen atoms in total. The Labute approximate surface area is 203 Å².